The third-order valence-corrected chi connectivity index (χ3v) is 5.71. The number of non-ortho nitro benzene ring substituents is 1. The van der Waals surface area contributed by atoms with Gasteiger partial charge in [0.2, 0.25) is 10.0 Å². The summed E-state index contributed by atoms with van der Waals surface area (Å²) in [4.78, 5) is 10.1. The molecule has 7 nitrogen and oxygen atoms in total. The Bertz CT molecular complexity index is 610. The summed E-state index contributed by atoms with van der Waals surface area (Å²) in [5, 5.41) is 10.8. The number of nitro benzene ring substituents is 1. The monoisotopic (exact) mass is 313 g/mol. The van der Waals surface area contributed by atoms with Crippen molar-refractivity contribution in [3.8, 4) is 0 Å². The minimum absolute atomic E-state index is 0.0195. The van der Waals surface area contributed by atoms with E-state index in [1.54, 1.807) is 0 Å². The quantitative estimate of drug-likeness (QED) is 0.652. The zero-order valence-electron chi connectivity index (χ0n) is 11.6. The van der Waals surface area contributed by atoms with Crippen LogP contribution in [0.5, 0.6) is 0 Å². The van der Waals surface area contributed by atoms with Crippen LogP contribution in [0.4, 0.5) is 5.69 Å². The number of rotatable bonds is 5. The second-order valence-corrected chi connectivity index (χ2v) is 7.12. The van der Waals surface area contributed by atoms with Crippen molar-refractivity contribution in [3.63, 3.8) is 0 Å². The van der Waals surface area contributed by atoms with Gasteiger partial charge in [0.25, 0.3) is 5.69 Å². The van der Waals surface area contributed by atoms with Crippen molar-refractivity contribution in [3.05, 3.63) is 34.4 Å². The molecule has 0 unspecified atom stereocenters. The molecule has 0 aromatic heterocycles. The zero-order valence-corrected chi connectivity index (χ0v) is 12.5. The van der Waals surface area contributed by atoms with E-state index in [4.69, 9.17) is 5.73 Å². The maximum absolute atomic E-state index is 12.5. The summed E-state index contributed by atoms with van der Waals surface area (Å²) in [6.07, 6.45) is 2.47. The largest absolute Gasteiger partial charge is 0.330 e. The van der Waals surface area contributed by atoms with Crippen LogP contribution in [-0.2, 0) is 10.0 Å². The highest BCUT2D eigenvalue weighted by atomic mass is 32.2. The molecule has 1 aliphatic heterocycles. The molecular weight excluding hydrogens is 294 g/mol. The van der Waals surface area contributed by atoms with E-state index in [2.05, 4.69) is 0 Å². The summed E-state index contributed by atoms with van der Waals surface area (Å²) >= 11 is 0. The molecule has 116 valence electrons. The van der Waals surface area contributed by atoms with Crippen molar-refractivity contribution < 1.29 is 13.3 Å². The van der Waals surface area contributed by atoms with Crippen LogP contribution in [0.25, 0.3) is 0 Å². The maximum atomic E-state index is 12.5. The number of nitrogens with zero attached hydrogens (tertiary/aromatic N) is 2. The van der Waals surface area contributed by atoms with Gasteiger partial charge in [-0.05, 0) is 37.8 Å². The third-order valence-electron chi connectivity index (χ3n) is 3.81. The maximum Gasteiger partial charge on any atom is 0.270 e. The van der Waals surface area contributed by atoms with Gasteiger partial charge in [-0.3, -0.25) is 10.1 Å². The highest BCUT2D eigenvalue weighted by Crippen LogP contribution is 2.26. The summed E-state index contributed by atoms with van der Waals surface area (Å²) in [5.74, 6) is 0.464. The molecule has 21 heavy (non-hydrogen) atoms. The molecular formula is C13H19N3O4S. The number of piperidine rings is 1. The van der Waals surface area contributed by atoms with Gasteiger partial charge in [0, 0.05) is 25.2 Å². The van der Waals surface area contributed by atoms with E-state index in [0.29, 0.717) is 25.6 Å². The molecule has 1 fully saturated rings. The van der Waals surface area contributed by atoms with E-state index in [-0.39, 0.29) is 10.6 Å². The molecule has 0 atom stereocenters. The zero-order chi connectivity index (χ0) is 15.5. The number of nitro groups is 1. The molecule has 1 aromatic rings. The average Bonchev–Trinajstić information content (AvgIpc) is 2.48. The lowest BCUT2D eigenvalue weighted by atomic mass is 9.95. The van der Waals surface area contributed by atoms with Gasteiger partial charge in [0.05, 0.1) is 9.82 Å². The molecule has 1 heterocycles. The van der Waals surface area contributed by atoms with Crippen molar-refractivity contribution in [2.45, 2.75) is 24.2 Å². The van der Waals surface area contributed by atoms with Crippen molar-refractivity contribution in [1.82, 2.24) is 4.31 Å². The minimum Gasteiger partial charge on any atom is -0.330 e. The topological polar surface area (TPSA) is 107 Å². The van der Waals surface area contributed by atoms with Crippen LogP contribution in [0, 0.1) is 16.0 Å². The average molecular weight is 313 g/mol. The summed E-state index contributed by atoms with van der Waals surface area (Å²) in [6, 6.07) is 5.19. The molecule has 0 radical (unpaired) electrons. The SMILES string of the molecule is NCCC1CCN(S(=O)(=O)c2cccc([N+](=O)[O-])c2)CC1. The van der Waals surface area contributed by atoms with Crippen molar-refractivity contribution in [2.24, 2.45) is 11.7 Å². The summed E-state index contributed by atoms with van der Waals surface area (Å²) < 4.78 is 26.4. The molecule has 1 aromatic carbocycles. The molecule has 8 heteroatoms. The Hall–Kier alpha value is -1.51. The van der Waals surface area contributed by atoms with Crippen LogP contribution in [0.3, 0.4) is 0 Å². The van der Waals surface area contributed by atoms with Gasteiger partial charge in [-0.2, -0.15) is 4.31 Å². The fourth-order valence-electron chi connectivity index (χ4n) is 2.58. The smallest absolute Gasteiger partial charge is 0.270 e. The Kier molecular flexibility index (Phi) is 4.92. The Balaban J connectivity index is 2.16. The minimum atomic E-state index is -3.66. The van der Waals surface area contributed by atoms with Gasteiger partial charge in [-0.1, -0.05) is 6.07 Å². The number of benzene rings is 1. The normalized spacial score (nSPS) is 17.8. The number of sulfonamides is 1. The Morgan fingerprint density at radius 3 is 2.57 bits per heavy atom. The van der Waals surface area contributed by atoms with Gasteiger partial charge in [0.1, 0.15) is 0 Å². The highest BCUT2D eigenvalue weighted by Gasteiger charge is 2.29. The van der Waals surface area contributed by atoms with E-state index >= 15 is 0 Å². The second-order valence-electron chi connectivity index (χ2n) is 5.18. The summed E-state index contributed by atoms with van der Waals surface area (Å²) in [7, 11) is -3.66. The molecule has 1 aliphatic rings. The molecule has 2 N–H and O–H groups in total. The predicted octanol–water partition coefficient (Wildman–Crippen LogP) is 1.34. The van der Waals surface area contributed by atoms with E-state index in [1.807, 2.05) is 0 Å². The van der Waals surface area contributed by atoms with Gasteiger partial charge in [-0.25, -0.2) is 8.42 Å². The first-order valence-corrected chi connectivity index (χ1v) is 8.34. The molecule has 0 saturated carbocycles. The van der Waals surface area contributed by atoms with E-state index in [1.165, 1.54) is 22.5 Å². The molecule has 0 aliphatic carbocycles. The number of nitrogens with two attached hydrogens (primary N) is 1. The number of hydrogen-bond donors (Lipinski definition) is 1. The fourth-order valence-corrected chi connectivity index (χ4v) is 4.09. The Morgan fingerprint density at radius 2 is 2.00 bits per heavy atom. The van der Waals surface area contributed by atoms with Crippen molar-refractivity contribution in [1.29, 1.82) is 0 Å². The Labute approximate surface area is 123 Å². The lowest BCUT2D eigenvalue weighted by molar-refractivity contribution is -0.385. The molecule has 0 bridgehead atoms. The summed E-state index contributed by atoms with van der Waals surface area (Å²) in [5.41, 5.74) is 5.31. The van der Waals surface area contributed by atoms with Gasteiger partial charge in [0.15, 0.2) is 0 Å². The fraction of sp³-hybridized carbons (Fsp3) is 0.538. The van der Waals surface area contributed by atoms with E-state index in [0.717, 1.165) is 25.3 Å². The third kappa shape index (κ3) is 3.58. The lowest BCUT2D eigenvalue weighted by Crippen LogP contribution is -2.38. The molecule has 2 rings (SSSR count). The Morgan fingerprint density at radius 1 is 1.33 bits per heavy atom. The first-order chi connectivity index (χ1) is 9.95. The van der Waals surface area contributed by atoms with Crippen molar-refractivity contribution in [2.75, 3.05) is 19.6 Å². The van der Waals surface area contributed by atoms with Crippen molar-refractivity contribution >= 4 is 15.7 Å². The molecule has 0 amide bonds. The van der Waals surface area contributed by atoms with Crippen LogP contribution in [0.1, 0.15) is 19.3 Å². The number of hydrogen-bond acceptors (Lipinski definition) is 5. The highest BCUT2D eigenvalue weighted by molar-refractivity contribution is 7.89. The van der Waals surface area contributed by atoms with Crippen LogP contribution in [-0.4, -0.2) is 37.3 Å². The van der Waals surface area contributed by atoms with Crippen LogP contribution >= 0.6 is 0 Å². The standard InChI is InChI=1S/C13H19N3O4S/c14-7-4-11-5-8-15(9-6-11)21(19,20)13-3-1-2-12(10-13)16(17)18/h1-3,10-11H,4-9,14H2. The second kappa shape index (κ2) is 6.50. The lowest BCUT2D eigenvalue weighted by Gasteiger charge is -2.31. The first-order valence-electron chi connectivity index (χ1n) is 6.90. The van der Waals surface area contributed by atoms with Crippen LogP contribution < -0.4 is 5.73 Å². The van der Waals surface area contributed by atoms with E-state index < -0.39 is 14.9 Å². The molecule has 0 spiro atoms. The predicted molar refractivity (Wildman–Crippen MR) is 78.3 cm³/mol. The summed E-state index contributed by atoms with van der Waals surface area (Å²) in [6.45, 7) is 1.49. The first kappa shape index (κ1) is 15.9. The van der Waals surface area contributed by atoms with Gasteiger partial charge >= 0.3 is 0 Å². The van der Waals surface area contributed by atoms with Crippen LogP contribution in [0.2, 0.25) is 0 Å². The van der Waals surface area contributed by atoms with Crippen LogP contribution in [0.15, 0.2) is 29.2 Å². The van der Waals surface area contributed by atoms with E-state index in [9.17, 15) is 18.5 Å². The van der Waals surface area contributed by atoms with Gasteiger partial charge < -0.3 is 5.73 Å². The molecule has 1 saturated heterocycles. The van der Waals surface area contributed by atoms with Gasteiger partial charge in [-0.15, -0.1) is 0 Å².